The lowest BCUT2D eigenvalue weighted by Crippen LogP contribution is -2.50. The second kappa shape index (κ2) is 10.6. The van der Waals surface area contributed by atoms with Crippen molar-refractivity contribution in [3.05, 3.63) is 34.9 Å². The summed E-state index contributed by atoms with van der Waals surface area (Å²) < 4.78 is 0. The van der Waals surface area contributed by atoms with Crippen molar-refractivity contribution >= 4 is 11.8 Å². The second-order valence-electron chi connectivity index (χ2n) is 8.33. The molecule has 2 rings (SSSR count). The zero-order chi connectivity index (χ0) is 20.7. The molecule has 0 bridgehead atoms. The fourth-order valence-corrected chi connectivity index (χ4v) is 3.74. The molecule has 0 radical (unpaired) electrons. The summed E-state index contributed by atoms with van der Waals surface area (Å²) in [6.45, 7) is 12.2. The van der Waals surface area contributed by atoms with Gasteiger partial charge in [-0.3, -0.25) is 14.5 Å². The van der Waals surface area contributed by atoms with Crippen molar-refractivity contribution in [3.8, 4) is 0 Å². The normalized spacial score (nSPS) is 21.2. The molecule has 156 valence electrons. The highest BCUT2D eigenvalue weighted by atomic mass is 16.2. The van der Waals surface area contributed by atoms with Crippen molar-refractivity contribution in [1.29, 1.82) is 0 Å². The first kappa shape index (κ1) is 22.4. The van der Waals surface area contributed by atoms with Gasteiger partial charge in [-0.25, -0.2) is 0 Å². The molecule has 2 N–H and O–H groups in total. The van der Waals surface area contributed by atoms with Crippen LogP contribution in [0.25, 0.3) is 0 Å². The summed E-state index contributed by atoms with van der Waals surface area (Å²) in [4.78, 5) is 27.2. The highest BCUT2D eigenvalue weighted by Gasteiger charge is 2.30. The Kier molecular flexibility index (Phi) is 8.49. The van der Waals surface area contributed by atoms with Crippen molar-refractivity contribution in [3.63, 3.8) is 0 Å². The van der Waals surface area contributed by atoms with Gasteiger partial charge in [-0.15, -0.1) is 0 Å². The molecule has 1 aromatic carbocycles. The molecule has 1 heterocycles. The van der Waals surface area contributed by atoms with Gasteiger partial charge in [-0.2, -0.15) is 0 Å². The predicted molar refractivity (Wildman–Crippen MR) is 114 cm³/mol. The smallest absolute Gasteiger partial charge is 0.234 e. The number of aryl methyl sites for hydroxylation is 2. The molecule has 0 spiro atoms. The van der Waals surface area contributed by atoms with E-state index in [-0.39, 0.29) is 23.8 Å². The third-order valence-electron chi connectivity index (χ3n) is 5.97. The first-order valence-electron chi connectivity index (χ1n) is 10.7. The largest absolute Gasteiger partial charge is 0.356 e. The van der Waals surface area contributed by atoms with Gasteiger partial charge < -0.3 is 10.6 Å². The first-order chi connectivity index (χ1) is 13.3. The number of nitrogens with one attached hydrogen (secondary N) is 2. The summed E-state index contributed by atoms with van der Waals surface area (Å²) >= 11 is 0. The van der Waals surface area contributed by atoms with E-state index in [1.807, 2.05) is 6.92 Å². The van der Waals surface area contributed by atoms with Crippen LogP contribution < -0.4 is 10.6 Å². The number of piperidine rings is 1. The van der Waals surface area contributed by atoms with E-state index in [1.54, 1.807) is 0 Å². The monoisotopic (exact) mass is 387 g/mol. The van der Waals surface area contributed by atoms with Gasteiger partial charge in [0.2, 0.25) is 11.8 Å². The Balaban J connectivity index is 1.88. The van der Waals surface area contributed by atoms with Gasteiger partial charge in [0.15, 0.2) is 0 Å². The van der Waals surface area contributed by atoms with Gasteiger partial charge in [0, 0.05) is 19.1 Å². The molecule has 28 heavy (non-hydrogen) atoms. The Morgan fingerprint density at radius 3 is 2.64 bits per heavy atom. The Morgan fingerprint density at radius 1 is 1.21 bits per heavy atom. The van der Waals surface area contributed by atoms with Crippen LogP contribution in [0, 0.1) is 19.8 Å². The topological polar surface area (TPSA) is 61.4 Å². The summed E-state index contributed by atoms with van der Waals surface area (Å²) in [7, 11) is 0. The maximum absolute atomic E-state index is 12.6. The minimum absolute atomic E-state index is 0.0157. The molecule has 2 amide bonds. The average Bonchev–Trinajstić information content (AvgIpc) is 2.65. The average molecular weight is 388 g/mol. The molecule has 5 heteroatoms. The minimum Gasteiger partial charge on any atom is -0.356 e. The number of benzene rings is 1. The minimum atomic E-state index is -0.0277. The van der Waals surface area contributed by atoms with E-state index < -0.39 is 0 Å². The lowest BCUT2D eigenvalue weighted by atomic mass is 9.92. The number of carbonyl (C=O) groups excluding carboxylic acids is 2. The van der Waals surface area contributed by atoms with Crippen molar-refractivity contribution < 1.29 is 9.59 Å². The van der Waals surface area contributed by atoms with Gasteiger partial charge in [0.25, 0.3) is 0 Å². The summed E-state index contributed by atoms with van der Waals surface area (Å²) in [6.07, 6.45) is 3.94. The van der Waals surface area contributed by atoms with Gasteiger partial charge in [0.05, 0.1) is 18.5 Å². The van der Waals surface area contributed by atoms with Crippen LogP contribution in [0.5, 0.6) is 0 Å². The number of unbranched alkanes of at least 4 members (excludes halogenated alkanes) is 1. The highest BCUT2D eigenvalue weighted by Crippen LogP contribution is 2.22. The quantitative estimate of drug-likeness (QED) is 0.671. The molecule has 1 aromatic rings. The molecule has 1 fully saturated rings. The maximum atomic E-state index is 12.6. The van der Waals surface area contributed by atoms with E-state index in [0.717, 1.165) is 37.8 Å². The number of amides is 2. The number of nitrogens with zero attached hydrogens (tertiary/aromatic N) is 1. The first-order valence-corrected chi connectivity index (χ1v) is 10.7. The van der Waals surface area contributed by atoms with Crippen molar-refractivity contribution in [1.82, 2.24) is 15.5 Å². The summed E-state index contributed by atoms with van der Waals surface area (Å²) in [5, 5.41) is 6.15. The lowest BCUT2D eigenvalue weighted by molar-refractivity contribution is -0.130. The zero-order valence-corrected chi connectivity index (χ0v) is 18.2. The summed E-state index contributed by atoms with van der Waals surface area (Å²) in [6, 6.07) is 6.61. The molecule has 5 nitrogen and oxygen atoms in total. The Hall–Kier alpha value is -1.88. The Labute approximate surface area is 170 Å². The van der Waals surface area contributed by atoms with Crippen LogP contribution in [-0.4, -0.2) is 42.4 Å². The molecule has 1 aliphatic rings. The van der Waals surface area contributed by atoms with Crippen molar-refractivity contribution in [2.24, 2.45) is 5.92 Å². The Bertz CT molecular complexity index is 674. The van der Waals surface area contributed by atoms with Gasteiger partial charge in [-0.05, 0) is 63.6 Å². The molecule has 3 unspecified atom stereocenters. The van der Waals surface area contributed by atoms with Crippen LogP contribution in [0.3, 0.4) is 0 Å². The standard InChI is InChI=1S/C23H37N3O2/c1-6-7-12-24-23(28)21-11-9-18(4)26(14-21)15-22(27)25-19(5)20-10-8-16(2)17(3)13-20/h8,10,13,18-19,21H,6-7,9,11-12,14-15H2,1-5H3,(H,24,28)(H,25,27). The van der Waals surface area contributed by atoms with E-state index in [4.69, 9.17) is 0 Å². The lowest BCUT2D eigenvalue weighted by Gasteiger charge is -2.37. The van der Waals surface area contributed by atoms with Crippen LogP contribution >= 0.6 is 0 Å². The van der Waals surface area contributed by atoms with E-state index in [2.05, 4.69) is 61.4 Å². The second-order valence-corrected chi connectivity index (χ2v) is 8.33. The van der Waals surface area contributed by atoms with Crippen LogP contribution in [0.1, 0.15) is 69.2 Å². The molecular weight excluding hydrogens is 350 g/mol. The highest BCUT2D eigenvalue weighted by molar-refractivity contribution is 5.80. The molecule has 3 atom stereocenters. The van der Waals surface area contributed by atoms with Crippen molar-refractivity contribution in [2.75, 3.05) is 19.6 Å². The van der Waals surface area contributed by atoms with E-state index in [9.17, 15) is 9.59 Å². The van der Waals surface area contributed by atoms with E-state index in [1.165, 1.54) is 11.1 Å². The van der Waals surface area contributed by atoms with Gasteiger partial charge in [0.1, 0.15) is 0 Å². The third-order valence-corrected chi connectivity index (χ3v) is 5.97. The molecule has 0 saturated carbocycles. The fraction of sp³-hybridized carbons (Fsp3) is 0.652. The molecule has 0 aromatic heterocycles. The van der Waals surface area contributed by atoms with Gasteiger partial charge in [-0.1, -0.05) is 31.5 Å². The number of hydrogen-bond donors (Lipinski definition) is 2. The third kappa shape index (κ3) is 6.33. The number of hydrogen-bond acceptors (Lipinski definition) is 3. The number of rotatable bonds is 8. The molecule has 1 aliphatic heterocycles. The predicted octanol–water partition coefficient (Wildman–Crippen LogP) is 3.50. The molecular formula is C23H37N3O2. The SMILES string of the molecule is CCCCNC(=O)C1CCC(C)N(CC(=O)NC(C)c2ccc(C)c(C)c2)C1. The van der Waals surface area contributed by atoms with Crippen LogP contribution in [0.15, 0.2) is 18.2 Å². The summed E-state index contributed by atoms with van der Waals surface area (Å²) in [5.41, 5.74) is 3.61. The van der Waals surface area contributed by atoms with Crippen LogP contribution in [-0.2, 0) is 9.59 Å². The van der Waals surface area contributed by atoms with Gasteiger partial charge >= 0.3 is 0 Å². The fourth-order valence-electron chi connectivity index (χ4n) is 3.74. The number of carbonyl (C=O) groups is 2. The summed E-state index contributed by atoms with van der Waals surface area (Å²) in [5.74, 6) is 0.136. The van der Waals surface area contributed by atoms with E-state index in [0.29, 0.717) is 19.1 Å². The Morgan fingerprint density at radius 2 is 1.96 bits per heavy atom. The van der Waals surface area contributed by atoms with Crippen LogP contribution in [0.2, 0.25) is 0 Å². The van der Waals surface area contributed by atoms with Crippen molar-refractivity contribution in [2.45, 2.75) is 72.4 Å². The molecule has 0 aliphatic carbocycles. The zero-order valence-electron chi connectivity index (χ0n) is 18.2. The van der Waals surface area contributed by atoms with Crippen LogP contribution in [0.4, 0.5) is 0 Å². The molecule has 1 saturated heterocycles. The van der Waals surface area contributed by atoms with E-state index >= 15 is 0 Å². The number of likely N-dealkylation sites (tertiary alicyclic amines) is 1. The maximum Gasteiger partial charge on any atom is 0.234 e.